The molecule has 30 heavy (non-hydrogen) atoms. The van der Waals surface area contributed by atoms with Crippen molar-refractivity contribution >= 4 is 34.3 Å². The average molecular weight is 413 g/mol. The van der Waals surface area contributed by atoms with E-state index in [1.54, 1.807) is 30.2 Å². The molecule has 0 fully saturated rings. The van der Waals surface area contributed by atoms with Crippen LogP contribution in [0.25, 0.3) is 11.0 Å². The monoisotopic (exact) mass is 412 g/mol. The van der Waals surface area contributed by atoms with Crippen molar-refractivity contribution in [2.75, 3.05) is 5.32 Å². The maximum atomic E-state index is 9.78. The maximum Gasteiger partial charge on any atom is 0.164 e. The second-order valence-corrected chi connectivity index (χ2v) is 8.75. The van der Waals surface area contributed by atoms with E-state index in [-0.39, 0.29) is 11.2 Å². The largest absolute Gasteiger partial charge is 0.508 e. The summed E-state index contributed by atoms with van der Waals surface area (Å²) in [6.45, 7) is 4.20. The number of phenolic OH excluding ortho intramolecular Hbond substituents is 1. The minimum atomic E-state index is -0.0473. The van der Waals surface area contributed by atoms with Gasteiger partial charge in [0, 0.05) is 15.2 Å². The van der Waals surface area contributed by atoms with Gasteiger partial charge < -0.3 is 10.4 Å². The minimum Gasteiger partial charge on any atom is -0.508 e. The first-order valence-corrected chi connectivity index (χ1v) is 10.5. The number of phenols is 1. The fraction of sp³-hybridized carbons (Fsp3) is 0.125. The van der Waals surface area contributed by atoms with Crippen LogP contribution in [0.1, 0.15) is 18.2 Å². The van der Waals surface area contributed by atoms with Gasteiger partial charge in [0.25, 0.3) is 0 Å². The molecule has 6 heteroatoms. The van der Waals surface area contributed by atoms with Crippen molar-refractivity contribution in [2.45, 2.75) is 29.1 Å². The number of fused-ring (bicyclic) bond motifs is 1. The Morgan fingerprint density at radius 2 is 1.87 bits per heavy atom. The van der Waals surface area contributed by atoms with Crippen LogP contribution in [0, 0.1) is 6.92 Å². The number of hydrogen-bond acceptors (Lipinski definition) is 6. The van der Waals surface area contributed by atoms with Crippen LogP contribution in [-0.4, -0.2) is 20.1 Å². The van der Waals surface area contributed by atoms with Gasteiger partial charge in [-0.3, -0.25) is 0 Å². The Morgan fingerprint density at radius 3 is 2.67 bits per heavy atom. The Bertz CT molecular complexity index is 1300. The lowest BCUT2D eigenvalue weighted by atomic mass is 10.0. The molecule has 1 aliphatic rings. The molecule has 0 saturated heterocycles. The number of aromatic hydroxyl groups is 1. The first-order valence-electron chi connectivity index (χ1n) is 9.67. The first kappa shape index (κ1) is 18.6. The zero-order valence-electron chi connectivity index (χ0n) is 16.6. The van der Waals surface area contributed by atoms with Crippen molar-refractivity contribution in [3.8, 4) is 5.75 Å². The summed E-state index contributed by atoms with van der Waals surface area (Å²) in [5, 5.41) is 14.1. The molecular weight excluding hydrogens is 392 g/mol. The maximum absolute atomic E-state index is 9.78. The van der Waals surface area contributed by atoms with Crippen LogP contribution >= 0.6 is 11.8 Å². The molecule has 2 aromatic carbocycles. The van der Waals surface area contributed by atoms with Crippen LogP contribution in [0.4, 0.5) is 11.5 Å². The highest BCUT2D eigenvalue weighted by Gasteiger charge is 2.31. The molecule has 0 amide bonds. The summed E-state index contributed by atoms with van der Waals surface area (Å²) in [5.74, 6) is 0.973. The van der Waals surface area contributed by atoms with E-state index in [1.165, 1.54) is 0 Å². The van der Waals surface area contributed by atoms with Crippen molar-refractivity contribution in [3.63, 3.8) is 0 Å². The van der Waals surface area contributed by atoms with Crippen LogP contribution in [0.5, 0.6) is 5.75 Å². The van der Waals surface area contributed by atoms with Gasteiger partial charge in [-0.05, 0) is 61.9 Å². The number of benzene rings is 2. The number of pyridine rings is 1. The second-order valence-electron chi connectivity index (χ2n) is 7.63. The van der Waals surface area contributed by atoms with Crippen LogP contribution in [0.3, 0.4) is 0 Å². The zero-order valence-corrected chi connectivity index (χ0v) is 17.4. The zero-order chi connectivity index (χ0) is 20.7. The van der Waals surface area contributed by atoms with Gasteiger partial charge in [0.1, 0.15) is 17.9 Å². The van der Waals surface area contributed by atoms with E-state index in [0.29, 0.717) is 5.65 Å². The van der Waals surface area contributed by atoms with E-state index in [2.05, 4.69) is 59.5 Å². The van der Waals surface area contributed by atoms with Crippen molar-refractivity contribution in [1.29, 1.82) is 0 Å². The Balaban J connectivity index is 1.51. The molecule has 148 valence electrons. The summed E-state index contributed by atoms with van der Waals surface area (Å²) >= 11 is 1.59. The summed E-state index contributed by atoms with van der Waals surface area (Å²) in [6.07, 6.45) is 5.82. The normalized spacial score (nSPS) is 14.1. The van der Waals surface area contributed by atoms with Gasteiger partial charge in [-0.2, -0.15) is 0 Å². The number of allylic oxidation sites excluding steroid dienone is 2. The molecule has 0 spiro atoms. The SMILES string of the molecule is Cc1ccc(Sc2cccc(O)c2)c(Nc2ncnc3nc(C4(C)C=C4)ccc23)c1. The van der Waals surface area contributed by atoms with E-state index in [1.807, 2.05) is 24.3 Å². The first-order chi connectivity index (χ1) is 14.5. The van der Waals surface area contributed by atoms with Gasteiger partial charge in [-0.25, -0.2) is 15.0 Å². The van der Waals surface area contributed by atoms with Gasteiger partial charge in [0.15, 0.2) is 5.65 Å². The van der Waals surface area contributed by atoms with E-state index in [9.17, 15) is 5.11 Å². The Hall–Kier alpha value is -3.38. The van der Waals surface area contributed by atoms with Crippen molar-refractivity contribution in [1.82, 2.24) is 15.0 Å². The van der Waals surface area contributed by atoms with E-state index in [4.69, 9.17) is 4.98 Å². The van der Waals surface area contributed by atoms with Gasteiger partial charge in [0.2, 0.25) is 0 Å². The van der Waals surface area contributed by atoms with Crippen LogP contribution in [0.15, 0.2) is 82.9 Å². The van der Waals surface area contributed by atoms with E-state index in [0.717, 1.165) is 37.9 Å². The van der Waals surface area contributed by atoms with E-state index >= 15 is 0 Å². The molecule has 0 saturated carbocycles. The smallest absolute Gasteiger partial charge is 0.164 e. The lowest BCUT2D eigenvalue weighted by Gasteiger charge is -2.14. The number of hydrogen-bond donors (Lipinski definition) is 2. The van der Waals surface area contributed by atoms with Crippen molar-refractivity contribution in [2.24, 2.45) is 0 Å². The third kappa shape index (κ3) is 3.62. The van der Waals surface area contributed by atoms with E-state index < -0.39 is 0 Å². The predicted octanol–water partition coefficient (Wildman–Crippen LogP) is 5.76. The number of nitrogens with one attached hydrogen (secondary N) is 1. The van der Waals surface area contributed by atoms with Crippen molar-refractivity contribution in [3.05, 3.63) is 84.3 Å². The molecule has 0 bridgehead atoms. The van der Waals surface area contributed by atoms with Gasteiger partial charge >= 0.3 is 0 Å². The van der Waals surface area contributed by atoms with Crippen LogP contribution < -0.4 is 5.32 Å². The highest BCUT2D eigenvalue weighted by atomic mass is 32.2. The molecule has 2 N–H and O–H groups in total. The van der Waals surface area contributed by atoms with Crippen LogP contribution in [-0.2, 0) is 5.41 Å². The topological polar surface area (TPSA) is 70.9 Å². The van der Waals surface area contributed by atoms with Gasteiger partial charge in [0.05, 0.1) is 16.8 Å². The molecule has 2 heterocycles. The Labute approximate surface area is 178 Å². The highest BCUT2D eigenvalue weighted by molar-refractivity contribution is 7.99. The molecule has 5 nitrogen and oxygen atoms in total. The number of aromatic nitrogens is 3. The van der Waals surface area contributed by atoms with Crippen molar-refractivity contribution < 1.29 is 5.11 Å². The molecule has 0 unspecified atom stereocenters. The lowest BCUT2D eigenvalue weighted by molar-refractivity contribution is 0.474. The number of nitrogens with zero attached hydrogens (tertiary/aromatic N) is 3. The molecule has 5 rings (SSSR count). The molecule has 4 aromatic rings. The van der Waals surface area contributed by atoms with Crippen LogP contribution in [0.2, 0.25) is 0 Å². The standard InChI is InChI=1S/C24H20N4OS/c1-15-6-8-20(30-17-5-3-4-16(29)13-17)19(12-15)27-22-18-7-9-21(24(2)10-11-24)28-23(18)26-14-25-22/h3-14,29H,1-2H3,(H,25,26,27,28). The molecule has 0 aliphatic heterocycles. The Kier molecular flexibility index (Phi) is 4.44. The fourth-order valence-electron chi connectivity index (χ4n) is 3.27. The summed E-state index contributed by atoms with van der Waals surface area (Å²) in [4.78, 5) is 15.6. The van der Waals surface area contributed by atoms with Gasteiger partial charge in [-0.15, -0.1) is 0 Å². The predicted molar refractivity (Wildman–Crippen MR) is 121 cm³/mol. The molecule has 0 radical (unpaired) electrons. The number of rotatable bonds is 5. The highest BCUT2D eigenvalue weighted by Crippen LogP contribution is 2.39. The summed E-state index contributed by atoms with van der Waals surface area (Å²) in [7, 11) is 0. The number of aryl methyl sites for hydroxylation is 1. The lowest BCUT2D eigenvalue weighted by Crippen LogP contribution is -2.06. The average Bonchev–Trinajstić information content (AvgIpc) is 3.49. The molecule has 0 atom stereocenters. The quantitative estimate of drug-likeness (QED) is 0.406. The molecular formula is C24H20N4OS. The minimum absolute atomic E-state index is 0.0473. The molecule has 1 aliphatic carbocycles. The number of anilines is 2. The molecule has 2 aromatic heterocycles. The third-order valence-corrected chi connectivity index (χ3v) is 6.21. The summed E-state index contributed by atoms with van der Waals surface area (Å²) in [5.41, 5.74) is 3.71. The summed E-state index contributed by atoms with van der Waals surface area (Å²) < 4.78 is 0. The third-order valence-electron chi connectivity index (χ3n) is 5.15. The Morgan fingerprint density at radius 1 is 1.00 bits per heavy atom. The summed E-state index contributed by atoms with van der Waals surface area (Å²) in [6, 6.07) is 17.6. The fourth-order valence-corrected chi connectivity index (χ4v) is 4.21. The van der Waals surface area contributed by atoms with Gasteiger partial charge in [-0.1, -0.05) is 36.0 Å². The second kappa shape index (κ2) is 7.15.